The van der Waals surface area contributed by atoms with Crippen LogP contribution in [0.4, 0.5) is 5.69 Å². The van der Waals surface area contributed by atoms with Crippen molar-refractivity contribution in [3.63, 3.8) is 0 Å². The minimum absolute atomic E-state index is 0.0428. The molecule has 0 bridgehead atoms. The molecule has 1 saturated heterocycles. The van der Waals surface area contributed by atoms with Crippen molar-refractivity contribution in [1.29, 1.82) is 0 Å². The summed E-state index contributed by atoms with van der Waals surface area (Å²) in [7, 11) is 1.68. The Balaban J connectivity index is 1.22. The SMILES string of the molecule is COc1ccccc1N1CCN(C(=O)c2cnn3c(-c4ccc(-c5ccccc5)cc4)ccnc23)CC1. The monoisotopic (exact) mass is 489 g/mol. The van der Waals surface area contributed by atoms with Crippen LogP contribution in [0.1, 0.15) is 10.4 Å². The average molecular weight is 490 g/mol. The molecule has 1 aliphatic heterocycles. The largest absolute Gasteiger partial charge is 0.495 e. The molecule has 0 radical (unpaired) electrons. The maximum atomic E-state index is 13.5. The first-order chi connectivity index (χ1) is 18.2. The number of methoxy groups -OCH3 is 1. The highest BCUT2D eigenvalue weighted by Gasteiger charge is 2.26. The van der Waals surface area contributed by atoms with Gasteiger partial charge in [0.2, 0.25) is 0 Å². The van der Waals surface area contributed by atoms with Gasteiger partial charge >= 0.3 is 0 Å². The van der Waals surface area contributed by atoms with Gasteiger partial charge in [0.1, 0.15) is 11.3 Å². The van der Waals surface area contributed by atoms with Crippen LogP contribution in [0.15, 0.2) is 97.3 Å². The molecule has 0 N–H and O–H groups in total. The summed E-state index contributed by atoms with van der Waals surface area (Å²) in [6.07, 6.45) is 3.38. The van der Waals surface area contributed by atoms with E-state index < -0.39 is 0 Å². The number of nitrogens with zero attached hydrogens (tertiary/aromatic N) is 5. The third kappa shape index (κ3) is 4.29. The van der Waals surface area contributed by atoms with E-state index in [0.29, 0.717) is 24.3 Å². The lowest BCUT2D eigenvalue weighted by Crippen LogP contribution is -2.48. The Morgan fingerprint density at radius 2 is 1.46 bits per heavy atom. The first kappa shape index (κ1) is 22.8. The summed E-state index contributed by atoms with van der Waals surface area (Å²) in [5.41, 5.74) is 6.38. The van der Waals surface area contributed by atoms with Gasteiger partial charge in [-0.25, -0.2) is 9.50 Å². The fourth-order valence-electron chi connectivity index (χ4n) is 4.94. The number of benzene rings is 3. The molecule has 0 spiro atoms. The summed E-state index contributed by atoms with van der Waals surface area (Å²) >= 11 is 0. The van der Waals surface area contributed by atoms with Crippen molar-refractivity contribution in [3.05, 3.63) is 103 Å². The number of carbonyl (C=O) groups is 1. The van der Waals surface area contributed by atoms with E-state index in [9.17, 15) is 4.79 Å². The van der Waals surface area contributed by atoms with Gasteiger partial charge < -0.3 is 14.5 Å². The van der Waals surface area contributed by atoms with E-state index in [-0.39, 0.29) is 5.91 Å². The first-order valence-corrected chi connectivity index (χ1v) is 12.4. The number of carbonyl (C=O) groups excluding carboxylic acids is 1. The van der Waals surface area contributed by atoms with Gasteiger partial charge in [-0.15, -0.1) is 0 Å². The van der Waals surface area contributed by atoms with Crippen molar-refractivity contribution in [2.75, 3.05) is 38.2 Å². The Bertz CT molecular complexity index is 1540. The number of amides is 1. The molecule has 0 atom stereocenters. The van der Waals surface area contributed by atoms with Crippen LogP contribution in [-0.2, 0) is 0 Å². The molecule has 2 aromatic heterocycles. The van der Waals surface area contributed by atoms with Crippen LogP contribution >= 0.6 is 0 Å². The molecule has 184 valence electrons. The van der Waals surface area contributed by atoms with Crippen LogP contribution in [0.5, 0.6) is 5.75 Å². The molecule has 3 heterocycles. The zero-order chi connectivity index (χ0) is 25.2. The smallest absolute Gasteiger partial charge is 0.259 e. The Kier molecular flexibility index (Phi) is 6.02. The number of aromatic nitrogens is 3. The van der Waals surface area contributed by atoms with E-state index in [1.807, 2.05) is 47.4 Å². The van der Waals surface area contributed by atoms with Gasteiger partial charge in [-0.1, -0.05) is 66.7 Å². The van der Waals surface area contributed by atoms with E-state index in [0.717, 1.165) is 41.3 Å². The third-order valence-electron chi connectivity index (χ3n) is 6.91. The molecule has 1 amide bonds. The first-order valence-electron chi connectivity index (χ1n) is 12.4. The van der Waals surface area contributed by atoms with E-state index in [1.54, 1.807) is 24.0 Å². The molecular formula is C30H27N5O2. The summed E-state index contributed by atoms with van der Waals surface area (Å²) in [5, 5.41) is 4.56. The summed E-state index contributed by atoms with van der Waals surface area (Å²) in [5.74, 6) is 0.803. The number of anilines is 1. The molecule has 0 unspecified atom stereocenters. The normalized spacial score (nSPS) is 13.6. The van der Waals surface area contributed by atoms with Gasteiger partial charge in [-0.05, 0) is 29.3 Å². The van der Waals surface area contributed by atoms with Crippen molar-refractivity contribution in [3.8, 4) is 28.1 Å². The zero-order valence-electron chi connectivity index (χ0n) is 20.6. The molecule has 37 heavy (non-hydrogen) atoms. The Labute approximate surface area is 215 Å². The number of rotatable bonds is 5. The highest BCUT2D eigenvalue weighted by molar-refractivity contribution is 6.00. The molecule has 0 aliphatic carbocycles. The third-order valence-corrected chi connectivity index (χ3v) is 6.91. The van der Waals surface area contributed by atoms with E-state index >= 15 is 0 Å². The standard InChI is InChI=1S/C30H27N5O2/c1-37-28-10-6-5-9-27(28)33-17-19-34(20-18-33)30(36)25-21-32-35-26(15-16-31-29(25)35)24-13-11-23(12-14-24)22-7-3-2-4-8-22/h2-16,21H,17-20H2,1H3. The number of piperazine rings is 1. The van der Waals surface area contributed by atoms with Crippen LogP contribution in [0.3, 0.4) is 0 Å². The predicted molar refractivity (Wildman–Crippen MR) is 145 cm³/mol. The van der Waals surface area contributed by atoms with Gasteiger partial charge in [0.05, 0.1) is 24.7 Å². The second kappa shape index (κ2) is 9.78. The van der Waals surface area contributed by atoms with Gasteiger partial charge in [0.15, 0.2) is 5.65 Å². The fourth-order valence-corrected chi connectivity index (χ4v) is 4.94. The Hall–Kier alpha value is -4.65. The van der Waals surface area contributed by atoms with Crippen molar-refractivity contribution in [1.82, 2.24) is 19.5 Å². The van der Waals surface area contributed by atoms with Crippen LogP contribution in [0.25, 0.3) is 28.0 Å². The fraction of sp³-hybridized carbons (Fsp3) is 0.167. The van der Waals surface area contributed by atoms with Crippen LogP contribution in [0.2, 0.25) is 0 Å². The highest BCUT2D eigenvalue weighted by Crippen LogP contribution is 2.29. The number of para-hydroxylation sites is 2. The maximum absolute atomic E-state index is 13.5. The summed E-state index contributed by atoms with van der Waals surface area (Å²) < 4.78 is 7.27. The van der Waals surface area contributed by atoms with Crippen molar-refractivity contribution >= 4 is 17.2 Å². The van der Waals surface area contributed by atoms with E-state index in [2.05, 4.69) is 57.4 Å². The number of hydrogen-bond acceptors (Lipinski definition) is 5. The Morgan fingerprint density at radius 3 is 2.22 bits per heavy atom. The second-order valence-electron chi connectivity index (χ2n) is 9.02. The lowest BCUT2D eigenvalue weighted by Gasteiger charge is -2.36. The van der Waals surface area contributed by atoms with Crippen molar-refractivity contribution in [2.45, 2.75) is 0 Å². The van der Waals surface area contributed by atoms with Gasteiger partial charge in [-0.3, -0.25) is 4.79 Å². The van der Waals surface area contributed by atoms with E-state index in [1.165, 1.54) is 5.56 Å². The Morgan fingerprint density at radius 1 is 0.784 bits per heavy atom. The van der Waals surface area contributed by atoms with E-state index in [4.69, 9.17) is 4.74 Å². The maximum Gasteiger partial charge on any atom is 0.259 e. The lowest BCUT2D eigenvalue weighted by atomic mass is 10.0. The quantitative estimate of drug-likeness (QED) is 0.346. The lowest BCUT2D eigenvalue weighted by molar-refractivity contribution is 0.0748. The highest BCUT2D eigenvalue weighted by atomic mass is 16.5. The van der Waals surface area contributed by atoms with Gasteiger partial charge in [-0.2, -0.15) is 5.10 Å². The molecule has 0 saturated carbocycles. The number of hydrogen-bond donors (Lipinski definition) is 0. The molecule has 3 aromatic carbocycles. The van der Waals surface area contributed by atoms with Crippen LogP contribution in [0, 0.1) is 0 Å². The molecule has 6 rings (SSSR count). The van der Waals surface area contributed by atoms with Crippen LogP contribution in [-0.4, -0.2) is 58.7 Å². The summed E-state index contributed by atoms with van der Waals surface area (Å²) in [6.45, 7) is 2.71. The minimum Gasteiger partial charge on any atom is -0.495 e. The van der Waals surface area contributed by atoms with Crippen molar-refractivity contribution in [2.24, 2.45) is 0 Å². The zero-order valence-corrected chi connectivity index (χ0v) is 20.6. The van der Waals surface area contributed by atoms with Gasteiger partial charge in [0.25, 0.3) is 5.91 Å². The molecular weight excluding hydrogens is 462 g/mol. The summed E-state index contributed by atoms with van der Waals surface area (Å²) in [6, 6.07) is 28.6. The van der Waals surface area contributed by atoms with Crippen molar-refractivity contribution < 1.29 is 9.53 Å². The second-order valence-corrected chi connectivity index (χ2v) is 9.02. The van der Waals surface area contributed by atoms with Gasteiger partial charge in [0, 0.05) is 37.9 Å². The molecule has 7 nitrogen and oxygen atoms in total. The predicted octanol–water partition coefficient (Wildman–Crippen LogP) is 5.03. The topological polar surface area (TPSA) is 63.0 Å². The summed E-state index contributed by atoms with van der Waals surface area (Å²) in [4.78, 5) is 22.1. The molecule has 1 aliphatic rings. The van der Waals surface area contributed by atoms with Crippen LogP contribution < -0.4 is 9.64 Å². The average Bonchev–Trinajstić information content (AvgIpc) is 3.42. The molecule has 1 fully saturated rings. The minimum atomic E-state index is -0.0428. The molecule has 5 aromatic rings. The number of ether oxygens (including phenoxy) is 1. The number of fused-ring (bicyclic) bond motifs is 1. The molecule has 7 heteroatoms.